The van der Waals surface area contributed by atoms with Crippen LogP contribution in [0.4, 0.5) is 4.39 Å². The first-order valence-electron chi connectivity index (χ1n) is 6.65. The van der Waals surface area contributed by atoms with Crippen LogP contribution in [0.2, 0.25) is 0 Å². The van der Waals surface area contributed by atoms with Crippen molar-refractivity contribution in [2.24, 2.45) is 0 Å². The van der Waals surface area contributed by atoms with Crippen molar-refractivity contribution < 1.29 is 14.2 Å². The molecule has 0 aliphatic carbocycles. The number of rotatable bonds is 2. The molecule has 104 valence electrons. The predicted molar refractivity (Wildman–Crippen MR) is 81.4 cm³/mol. The van der Waals surface area contributed by atoms with Gasteiger partial charge in [0.2, 0.25) is 0 Å². The second kappa shape index (κ2) is 5.65. The zero-order chi connectivity index (χ0) is 14.9. The number of hydrogen-bond acceptors (Lipinski definition) is 2. The zero-order valence-corrected chi connectivity index (χ0v) is 12.2. The SMILES string of the molecule is CC=BC1=C(c2cc(F)c(C)c(O)c2C)OC(C)=CC1. The monoisotopic (exact) mass is 272 g/mol. The molecule has 0 aromatic heterocycles. The van der Waals surface area contributed by atoms with Crippen LogP contribution in [0.1, 0.15) is 37.0 Å². The van der Waals surface area contributed by atoms with Crippen LogP contribution < -0.4 is 0 Å². The summed E-state index contributed by atoms with van der Waals surface area (Å²) in [5.74, 6) is 2.89. The summed E-state index contributed by atoms with van der Waals surface area (Å²) in [5.41, 5.74) is 2.48. The van der Waals surface area contributed by atoms with E-state index >= 15 is 0 Å². The number of allylic oxidation sites excluding steroid dienone is 3. The van der Waals surface area contributed by atoms with Crippen LogP contribution in [0, 0.1) is 19.7 Å². The van der Waals surface area contributed by atoms with E-state index in [0.717, 1.165) is 17.7 Å². The maximum absolute atomic E-state index is 13.9. The third-order valence-electron chi connectivity index (χ3n) is 3.52. The van der Waals surface area contributed by atoms with Gasteiger partial charge in [0.05, 0.1) is 0 Å². The molecule has 0 bridgehead atoms. The van der Waals surface area contributed by atoms with Crippen molar-refractivity contribution in [3.05, 3.63) is 45.9 Å². The molecule has 20 heavy (non-hydrogen) atoms. The van der Waals surface area contributed by atoms with Gasteiger partial charge < -0.3 is 0 Å². The predicted octanol–water partition coefficient (Wildman–Crippen LogP) is 3.67. The van der Waals surface area contributed by atoms with E-state index in [9.17, 15) is 9.50 Å². The summed E-state index contributed by atoms with van der Waals surface area (Å²) in [6.07, 6.45) is 2.72. The average Bonchev–Trinajstić information content (AvgIpc) is 2.43. The molecule has 0 radical (unpaired) electrons. The third-order valence-corrected chi connectivity index (χ3v) is 3.52. The molecule has 0 amide bonds. The first kappa shape index (κ1) is 14.6. The number of ether oxygens (including phenoxy) is 1. The first-order chi connectivity index (χ1) is 9.45. The summed E-state index contributed by atoms with van der Waals surface area (Å²) in [6.45, 7) is 9.08. The molecule has 1 N–H and O–H groups in total. The van der Waals surface area contributed by atoms with Gasteiger partial charge in [0.15, 0.2) is 0 Å². The number of phenolic OH excluding ortho intramolecular Hbond substituents is 1. The number of benzene rings is 1. The van der Waals surface area contributed by atoms with E-state index in [0.29, 0.717) is 16.9 Å². The fourth-order valence-electron chi connectivity index (χ4n) is 2.29. The van der Waals surface area contributed by atoms with E-state index in [2.05, 4.69) is 0 Å². The van der Waals surface area contributed by atoms with Crippen LogP contribution in [-0.2, 0) is 4.74 Å². The topological polar surface area (TPSA) is 29.5 Å². The number of halogens is 1. The number of hydrogen-bond donors (Lipinski definition) is 1. The van der Waals surface area contributed by atoms with E-state index in [-0.39, 0.29) is 11.3 Å². The van der Waals surface area contributed by atoms with Crippen LogP contribution in [-0.4, -0.2) is 18.0 Å². The summed E-state index contributed by atoms with van der Waals surface area (Å²) in [6, 6.07) is 1.43. The minimum absolute atomic E-state index is 0.0110. The average molecular weight is 272 g/mol. The van der Waals surface area contributed by atoms with Gasteiger partial charge in [-0.1, -0.05) is 0 Å². The summed E-state index contributed by atoms with van der Waals surface area (Å²) in [7, 11) is 0. The van der Waals surface area contributed by atoms with E-state index in [1.165, 1.54) is 6.07 Å². The van der Waals surface area contributed by atoms with Gasteiger partial charge >= 0.3 is 119 Å². The van der Waals surface area contributed by atoms with Crippen molar-refractivity contribution in [3.8, 4) is 5.75 Å². The molecule has 0 atom stereocenters. The Balaban J connectivity index is 2.64. The van der Waals surface area contributed by atoms with Crippen molar-refractivity contribution in [1.29, 1.82) is 0 Å². The molecular formula is C16H18BFO2. The summed E-state index contributed by atoms with van der Waals surface area (Å²) < 4.78 is 19.7. The normalized spacial score (nSPS) is 15.2. The molecule has 1 aromatic carbocycles. The van der Waals surface area contributed by atoms with Crippen molar-refractivity contribution >= 4 is 18.6 Å². The van der Waals surface area contributed by atoms with E-state index < -0.39 is 5.82 Å². The second-order valence-corrected chi connectivity index (χ2v) is 4.98. The summed E-state index contributed by atoms with van der Waals surface area (Å²) in [4.78, 5) is 0. The quantitative estimate of drug-likeness (QED) is 0.832. The second-order valence-electron chi connectivity index (χ2n) is 4.98. The molecule has 0 saturated carbocycles. The van der Waals surface area contributed by atoms with Gasteiger partial charge in [-0.3, -0.25) is 0 Å². The molecule has 0 saturated heterocycles. The van der Waals surface area contributed by atoms with Gasteiger partial charge in [0.25, 0.3) is 0 Å². The fourth-order valence-corrected chi connectivity index (χ4v) is 2.29. The Bertz CT molecular complexity index is 642. The van der Waals surface area contributed by atoms with Crippen LogP contribution in [0.3, 0.4) is 0 Å². The molecule has 4 heteroatoms. The van der Waals surface area contributed by atoms with E-state index in [1.807, 2.05) is 32.8 Å². The van der Waals surface area contributed by atoms with E-state index in [1.54, 1.807) is 13.8 Å². The fraction of sp³-hybridized carbons (Fsp3) is 0.312. The molecule has 1 aromatic rings. The van der Waals surface area contributed by atoms with Gasteiger partial charge in [-0.05, 0) is 0 Å². The first-order valence-corrected chi connectivity index (χ1v) is 6.65. The Kier molecular flexibility index (Phi) is 4.12. The van der Waals surface area contributed by atoms with Gasteiger partial charge in [0.1, 0.15) is 0 Å². The van der Waals surface area contributed by atoms with Crippen LogP contribution in [0.15, 0.2) is 23.4 Å². The molecule has 0 spiro atoms. The molecule has 2 nitrogen and oxygen atoms in total. The zero-order valence-electron chi connectivity index (χ0n) is 12.2. The number of phenols is 1. The molecule has 2 rings (SSSR count). The van der Waals surface area contributed by atoms with Crippen LogP contribution in [0.25, 0.3) is 5.76 Å². The number of aromatic hydroxyl groups is 1. The Morgan fingerprint density at radius 1 is 1.30 bits per heavy atom. The van der Waals surface area contributed by atoms with Gasteiger partial charge in [0, 0.05) is 0 Å². The molecule has 0 unspecified atom stereocenters. The van der Waals surface area contributed by atoms with Crippen LogP contribution in [0.5, 0.6) is 5.75 Å². The Morgan fingerprint density at radius 2 is 2.00 bits per heavy atom. The van der Waals surface area contributed by atoms with Crippen LogP contribution >= 0.6 is 0 Å². The summed E-state index contributed by atoms with van der Waals surface area (Å²) >= 11 is 0. The Morgan fingerprint density at radius 3 is 2.65 bits per heavy atom. The van der Waals surface area contributed by atoms with Crippen molar-refractivity contribution in [2.45, 2.75) is 34.1 Å². The van der Waals surface area contributed by atoms with Gasteiger partial charge in [-0.25, -0.2) is 0 Å². The molecule has 0 fully saturated rings. The van der Waals surface area contributed by atoms with Crippen molar-refractivity contribution in [1.82, 2.24) is 0 Å². The molecule has 1 aliphatic heterocycles. The molecule has 1 heterocycles. The molecular weight excluding hydrogens is 254 g/mol. The Hall–Kier alpha value is -1.84. The molecule has 1 aliphatic rings. The van der Waals surface area contributed by atoms with Gasteiger partial charge in [-0.2, -0.15) is 0 Å². The van der Waals surface area contributed by atoms with Gasteiger partial charge in [-0.15, -0.1) is 0 Å². The maximum atomic E-state index is 13.9. The van der Waals surface area contributed by atoms with E-state index in [4.69, 9.17) is 4.74 Å². The summed E-state index contributed by atoms with van der Waals surface area (Å²) in [5, 5.41) is 10.0. The van der Waals surface area contributed by atoms with Crippen molar-refractivity contribution in [3.63, 3.8) is 0 Å². The standard InChI is InChI=1S/C16H18BFO2/c1-5-17-13-7-6-9(2)20-16(13)12-8-14(18)11(4)15(19)10(12)3/h5-6,8,19H,7H2,1-4H3. The Labute approximate surface area is 119 Å². The minimum atomic E-state index is -0.425. The third kappa shape index (κ3) is 2.55. The van der Waals surface area contributed by atoms with Crippen molar-refractivity contribution in [2.75, 3.05) is 0 Å².